The molecule has 0 N–H and O–H groups in total. The molecule has 0 spiro atoms. The van der Waals surface area contributed by atoms with E-state index in [0.29, 0.717) is 30.1 Å². The summed E-state index contributed by atoms with van der Waals surface area (Å²) in [6.07, 6.45) is 16.4. The lowest BCUT2D eigenvalue weighted by atomic mass is 9.45. The molecular weight excluding hydrogens is 1150 g/mol. The highest BCUT2D eigenvalue weighted by Gasteiger charge is 2.64. The molecule has 12 atom stereocenters. The first-order valence-electron chi connectivity index (χ1n) is 31.9. The van der Waals surface area contributed by atoms with Crippen LogP contribution in [0.1, 0.15) is 185 Å². The van der Waals surface area contributed by atoms with E-state index < -0.39 is 67.3 Å². The molecule has 12 unspecified atom stereocenters. The summed E-state index contributed by atoms with van der Waals surface area (Å²) in [5.41, 5.74) is 1.42. The van der Waals surface area contributed by atoms with Crippen molar-refractivity contribution in [2.45, 2.75) is 227 Å². The minimum absolute atomic E-state index is 0.00854. The smallest absolute Gasteiger partial charge is 0.347 e. The highest BCUT2D eigenvalue weighted by atomic mass is 16.6. The van der Waals surface area contributed by atoms with Crippen LogP contribution in [-0.4, -0.2) is 121 Å². The SMILES string of the molecule is C=C(C)C(=O)OC(C)(CC)C12CC3CC(CC(C3)C1)C2.C=C(C)C(=O)OC1(C(C)(C)C)CCCC1.C=C(C)C(=O)OC1CCOC1=O.C=C(C)C(=O)OCC(=O)OC1C2CC3C(=O)OC1C3C2.C=C(C)C(=O)OCC(=O)OC1C2CC3CC(C2)C(=O)OC1C3. The molecule has 13 rings (SSSR count). The van der Waals surface area contributed by atoms with Crippen molar-refractivity contribution < 1.29 is 95.3 Å². The average molecular weight is 1250 g/mol. The maximum atomic E-state index is 12.1. The number of cyclic esters (lactones) is 1. The van der Waals surface area contributed by atoms with Crippen LogP contribution in [0.15, 0.2) is 60.8 Å². The number of hydrogen-bond donors (Lipinski definition) is 0. The molecule has 4 aliphatic heterocycles. The van der Waals surface area contributed by atoms with Crippen molar-refractivity contribution in [2.75, 3.05) is 19.8 Å². The Balaban J connectivity index is 0.000000161. The Labute approximate surface area is 524 Å². The predicted octanol–water partition coefficient (Wildman–Crippen LogP) is 10.4. The van der Waals surface area contributed by atoms with Gasteiger partial charge in [0.1, 0.15) is 35.6 Å². The quantitative estimate of drug-likeness (QED) is 0.0790. The minimum atomic E-state index is -0.728. The minimum Gasteiger partial charge on any atom is -0.463 e. The second kappa shape index (κ2) is 28.7. The van der Waals surface area contributed by atoms with Crippen molar-refractivity contribution in [1.29, 1.82) is 0 Å². The zero-order valence-corrected chi connectivity index (χ0v) is 54.1. The topological polar surface area (TPSA) is 263 Å². The van der Waals surface area contributed by atoms with E-state index >= 15 is 0 Å². The van der Waals surface area contributed by atoms with Gasteiger partial charge in [-0.2, -0.15) is 0 Å². The summed E-state index contributed by atoms with van der Waals surface area (Å²) in [4.78, 5) is 115. The molecule has 13 fully saturated rings. The molecule has 10 bridgehead atoms. The number of esters is 10. The van der Waals surface area contributed by atoms with Gasteiger partial charge in [0.2, 0.25) is 6.10 Å². The highest BCUT2D eigenvalue weighted by Crippen LogP contribution is 2.65. The van der Waals surface area contributed by atoms with E-state index in [-0.39, 0.29) is 104 Å². The van der Waals surface area contributed by atoms with Gasteiger partial charge in [-0.15, -0.1) is 0 Å². The molecule has 4 saturated heterocycles. The normalized spacial score (nSPS) is 32.6. The standard InChI is InChI=1S/C18H28O2.C16H20O6.C14H16O6.C13H22O2.C8H10O4/c1-5-17(4,20-16(19)12(2)3)18-9-13-6-14(10-18)8-15(7-13)11-18;1-8(2)15(18)20-7-13(17)22-14-10-3-9-4-11(6-10)16(19)21-12(14)5-9;1-6(2)13(16)18-5-10(15)19-11-7-3-8-9(4-7)14(17)20-12(8)11;1-10(2)11(14)15-13(12(3,4)5)8-6-7-9-13;1-5(2)7(9)12-6-3-4-11-8(6)10/h13-15H,2,5-11H2,1,3-4H3;9-12,14H,1,3-7H2,2H3;7-9,11-12H,1,3-5H2,2H3;1,6-9H2,2-5H3;6H,1,3-4H2,2H3. The largest absolute Gasteiger partial charge is 0.463 e. The highest BCUT2D eigenvalue weighted by molar-refractivity contribution is 5.91. The van der Waals surface area contributed by atoms with Gasteiger partial charge in [0, 0.05) is 62.9 Å². The van der Waals surface area contributed by atoms with Gasteiger partial charge in [0.25, 0.3) is 0 Å². The molecule has 0 amide bonds. The molecule has 0 aromatic carbocycles. The summed E-state index contributed by atoms with van der Waals surface area (Å²) in [6.45, 7) is 35.9. The van der Waals surface area contributed by atoms with Gasteiger partial charge in [-0.3, -0.25) is 9.59 Å². The second-order valence-electron chi connectivity index (χ2n) is 28.5. The van der Waals surface area contributed by atoms with Crippen LogP contribution in [0, 0.1) is 64.1 Å². The molecule has 0 aromatic heterocycles. The van der Waals surface area contributed by atoms with Crippen LogP contribution in [0.4, 0.5) is 0 Å². The van der Waals surface area contributed by atoms with Gasteiger partial charge < -0.3 is 47.4 Å². The summed E-state index contributed by atoms with van der Waals surface area (Å²) in [7, 11) is 0. The fourth-order valence-electron chi connectivity index (χ4n) is 16.0. The van der Waals surface area contributed by atoms with Crippen LogP contribution in [0.3, 0.4) is 0 Å². The molecule has 492 valence electrons. The second-order valence-corrected chi connectivity index (χ2v) is 28.5. The fourth-order valence-corrected chi connectivity index (χ4v) is 16.0. The van der Waals surface area contributed by atoms with Crippen molar-refractivity contribution in [1.82, 2.24) is 0 Å². The number of hydrogen-bond acceptors (Lipinski definition) is 20. The molecule has 89 heavy (non-hydrogen) atoms. The van der Waals surface area contributed by atoms with Crippen LogP contribution in [0.25, 0.3) is 0 Å². The lowest BCUT2D eigenvalue weighted by molar-refractivity contribution is -0.201. The van der Waals surface area contributed by atoms with E-state index in [9.17, 15) is 47.9 Å². The first kappa shape index (κ1) is 69.9. The van der Waals surface area contributed by atoms with Crippen molar-refractivity contribution in [2.24, 2.45) is 64.1 Å². The molecular formula is C69H96O20. The summed E-state index contributed by atoms with van der Waals surface area (Å²) in [5.74, 6) is -0.661. The molecule has 0 aromatic rings. The summed E-state index contributed by atoms with van der Waals surface area (Å²) in [6, 6.07) is 0. The Hall–Kier alpha value is -6.60. The first-order valence-corrected chi connectivity index (χ1v) is 31.9. The summed E-state index contributed by atoms with van der Waals surface area (Å²) >= 11 is 0. The van der Waals surface area contributed by atoms with Crippen molar-refractivity contribution in [3.05, 3.63) is 60.8 Å². The maximum Gasteiger partial charge on any atom is 0.347 e. The van der Waals surface area contributed by atoms with E-state index in [0.717, 1.165) is 88.4 Å². The average Bonchev–Trinajstić information content (AvgIpc) is 1.81. The lowest BCUT2D eigenvalue weighted by Crippen LogP contribution is -2.58. The van der Waals surface area contributed by atoms with Gasteiger partial charge >= 0.3 is 59.7 Å². The molecule has 13 aliphatic rings. The zero-order valence-electron chi connectivity index (χ0n) is 54.1. The van der Waals surface area contributed by atoms with Gasteiger partial charge in [-0.05, 0) is 174 Å². The van der Waals surface area contributed by atoms with Gasteiger partial charge in [0.05, 0.1) is 18.4 Å². The third-order valence-corrected chi connectivity index (χ3v) is 20.5. The van der Waals surface area contributed by atoms with E-state index in [1.807, 2.05) is 0 Å². The van der Waals surface area contributed by atoms with E-state index in [1.165, 1.54) is 59.3 Å². The van der Waals surface area contributed by atoms with E-state index in [1.54, 1.807) is 13.8 Å². The van der Waals surface area contributed by atoms with E-state index in [4.69, 9.17) is 42.6 Å². The summed E-state index contributed by atoms with van der Waals surface area (Å²) < 4.78 is 52.1. The predicted molar refractivity (Wildman–Crippen MR) is 322 cm³/mol. The van der Waals surface area contributed by atoms with Gasteiger partial charge in [0.15, 0.2) is 13.2 Å². The monoisotopic (exact) mass is 1240 g/mol. The van der Waals surface area contributed by atoms with Crippen LogP contribution < -0.4 is 0 Å². The van der Waals surface area contributed by atoms with Crippen molar-refractivity contribution in [3.8, 4) is 0 Å². The Bertz CT molecular complexity index is 2770. The van der Waals surface area contributed by atoms with Gasteiger partial charge in [-0.25, -0.2) is 38.4 Å². The van der Waals surface area contributed by atoms with Crippen LogP contribution in [0.2, 0.25) is 0 Å². The van der Waals surface area contributed by atoms with Crippen LogP contribution >= 0.6 is 0 Å². The Kier molecular flexibility index (Phi) is 22.5. The molecule has 20 heteroatoms. The number of rotatable bonds is 16. The van der Waals surface area contributed by atoms with Crippen molar-refractivity contribution >= 4 is 59.7 Å². The number of carbonyl (C=O) groups excluding carboxylic acids is 10. The maximum absolute atomic E-state index is 12.1. The molecule has 4 heterocycles. The Morgan fingerprint density at radius 3 is 1.55 bits per heavy atom. The molecule has 9 saturated carbocycles. The van der Waals surface area contributed by atoms with Crippen LogP contribution in [-0.2, 0) is 95.3 Å². The molecule has 9 aliphatic carbocycles. The van der Waals surface area contributed by atoms with Crippen molar-refractivity contribution in [3.63, 3.8) is 0 Å². The van der Waals surface area contributed by atoms with Gasteiger partial charge in [-0.1, -0.05) is 60.6 Å². The Morgan fingerprint density at radius 2 is 1.07 bits per heavy atom. The number of ether oxygens (including phenoxy) is 10. The fraction of sp³-hybridized carbons (Fsp3) is 0.710. The van der Waals surface area contributed by atoms with Crippen LogP contribution in [0.5, 0.6) is 0 Å². The Morgan fingerprint density at radius 1 is 0.551 bits per heavy atom. The lowest BCUT2D eigenvalue weighted by Gasteiger charge is -2.62. The van der Waals surface area contributed by atoms with E-state index in [2.05, 4.69) is 72.3 Å². The third-order valence-electron chi connectivity index (χ3n) is 20.5. The number of carbonyl (C=O) groups is 10. The molecule has 20 nitrogen and oxygen atoms in total. The first-order chi connectivity index (χ1) is 41.7. The third kappa shape index (κ3) is 16.5. The molecule has 0 radical (unpaired) electrons. The zero-order chi connectivity index (χ0) is 65.7. The number of fused-ring (bicyclic) bond motifs is 2. The summed E-state index contributed by atoms with van der Waals surface area (Å²) in [5, 5.41) is 0.